The van der Waals surface area contributed by atoms with Gasteiger partial charge in [-0.05, 0) is 77.3 Å². The SMILES string of the molecule is CC(CCc1ccc(C(=O)NCCC(=O)O)cc1)COc1ccc(-c2ccc(C(C)C)cc2)c(C#N)c1. The highest BCUT2D eigenvalue weighted by Crippen LogP contribution is 2.29. The van der Waals surface area contributed by atoms with Crippen LogP contribution in [0.2, 0.25) is 0 Å². The van der Waals surface area contributed by atoms with Gasteiger partial charge in [-0.25, -0.2) is 0 Å². The molecule has 0 aliphatic rings. The zero-order valence-electron chi connectivity index (χ0n) is 21.7. The van der Waals surface area contributed by atoms with E-state index in [0.717, 1.165) is 29.5 Å². The normalized spacial score (nSPS) is 11.5. The number of aliphatic carboxylic acids is 1. The van der Waals surface area contributed by atoms with Crippen LogP contribution in [0.25, 0.3) is 11.1 Å². The Kier molecular flexibility index (Phi) is 9.85. The first-order chi connectivity index (χ1) is 17.8. The Morgan fingerprint density at radius 2 is 1.70 bits per heavy atom. The lowest BCUT2D eigenvalue weighted by atomic mass is 9.96. The van der Waals surface area contributed by atoms with Crippen molar-refractivity contribution < 1.29 is 19.4 Å². The second-order valence-electron chi connectivity index (χ2n) is 9.65. The number of benzene rings is 3. The van der Waals surface area contributed by atoms with Crippen LogP contribution in [0.5, 0.6) is 5.75 Å². The van der Waals surface area contributed by atoms with Gasteiger partial charge < -0.3 is 15.2 Å². The van der Waals surface area contributed by atoms with Crippen LogP contribution in [0.3, 0.4) is 0 Å². The van der Waals surface area contributed by atoms with E-state index in [9.17, 15) is 14.9 Å². The highest BCUT2D eigenvalue weighted by Gasteiger charge is 2.11. The molecule has 0 bridgehead atoms. The lowest BCUT2D eigenvalue weighted by Gasteiger charge is -2.15. The molecule has 0 heterocycles. The minimum atomic E-state index is -0.941. The van der Waals surface area contributed by atoms with Crippen LogP contribution in [0.15, 0.2) is 66.7 Å². The fraction of sp³-hybridized carbons (Fsp3) is 0.323. The summed E-state index contributed by atoms with van der Waals surface area (Å²) in [5.74, 6) is 0.232. The summed E-state index contributed by atoms with van der Waals surface area (Å²) in [6.07, 6.45) is 1.66. The number of amides is 1. The van der Waals surface area contributed by atoms with Gasteiger partial charge in [0, 0.05) is 12.1 Å². The van der Waals surface area contributed by atoms with Crippen LogP contribution in [-0.4, -0.2) is 30.1 Å². The highest BCUT2D eigenvalue weighted by molar-refractivity contribution is 5.94. The van der Waals surface area contributed by atoms with Crippen LogP contribution in [-0.2, 0) is 11.2 Å². The van der Waals surface area contributed by atoms with Gasteiger partial charge in [-0.15, -0.1) is 0 Å². The number of carboxylic acids is 1. The van der Waals surface area contributed by atoms with Crippen molar-refractivity contribution >= 4 is 11.9 Å². The molecule has 37 heavy (non-hydrogen) atoms. The number of hydrogen-bond acceptors (Lipinski definition) is 4. The smallest absolute Gasteiger partial charge is 0.305 e. The van der Waals surface area contributed by atoms with Crippen LogP contribution in [0, 0.1) is 17.2 Å². The molecule has 6 nitrogen and oxygen atoms in total. The second-order valence-corrected chi connectivity index (χ2v) is 9.65. The number of nitriles is 1. The molecule has 0 aliphatic carbocycles. The maximum atomic E-state index is 12.1. The minimum Gasteiger partial charge on any atom is -0.493 e. The number of carbonyl (C=O) groups excluding carboxylic acids is 1. The van der Waals surface area contributed by atoms with Gasteiger partial charge >= 0.3 is 5.97 Å². The molecule has 6 heteroatoms. The van der Waals surface area contributed by atoms with E-state index in [-0.39, 0.29) is 18.9 Å². The van der Waals surface area contributed by atoms with Crippen molar-refractivity contribution in [3.63, 3.8) is 0 Å². The lowest BCUT2D eigenvalue weighted by molar-refractivity contribution is -0.136. The Morgan fingerprint density at radius 3 is 2.32 bits per heavy atom. The topological polar surface area (TPSA) is 99.4 Å². The van der Waals surface area contributed by atoms with E-state index in [2.05, 4.69) is 56.4 Å². The third-order valence-corrected chi connectivity index (χ3v) is 6.30. The molecule has 0 saturated heterocycles. The van der Waals surface area contributed by atoms with Gasteiger partial charge in [0.2, 0.25) is 0 Å². The molecule has 1 unspecified atom stereocenters. The first kappa shape index (κ1) is 27.5. The second kappa shape index (κ2) is 13.3. The van der Waals surface area contributed by atoms with Gasteiger partial charge in [0.15, 0.2) is 0 Å². The standard InChI is InChI=1S/C31H34N2O4/c1-21(2)24-10-12-25(13-11-24)29-15-14-28(18-27(29)19-32)37-20-22(3)4-5-23-6-8-26(9-7-23)31(36)33-17-16-30(34)35/h6-15,18,21-22H,4-5,16-17,20H2,1-3H3,(H,33,36)(H,34,35). The number of nitrogens with one attached hydrogen (secondary N) is 1. The summed E-state index contributed by atoms with van der Waals surface area (Å²) in [7, 11) is 0. The molecule has 1 atom stereocenters. The number of hydrogen-bond donors (Lipinski definition) is 2. The molecule has 0 spiro atoms. The zero-order chi connectivity index (χ0) is 26.8. The number of nitrogens with zero attached hydrogens (tertiary/aromatic N) is 1. The summed E-state index contributed by atoms with van der Waals surface area (Å²) < 4.78 is 6.00. The quantitative estimate of drug-likeness (QED) is 0.310. The summed E-state index contributed by atoms with van der Waals surface area (Å²) in [5.41, 5.74) is 5.41. The zero-order valence-corrected chi connectivity index (χ0v) is 21.7. The highest BCUT2D eigenvalue weighted by atomic mass is 16.5. The largest absolute Gasteiger partial charge is 0.493 e. The average molecular weight is 499 g/mol. The molecule has 0 fully saturated rings. The van der Waals surface area contributed by atoms with Crippen LogP contribution in [0.4, 0.5) is 0 Å². The molecule has 0 saturated carbocycles. The van der Waals surface area contributed by atoms with E-state index in [1.165, 1.54) is 5.56 Å². The van der Waals surface area contributed by atoms with E-state index >= 15 is 0 Å². The summed E-state index contributed by atoms with van der Waals surface area (Å²) in [4.78, 5) is 22.6. The molecule has 3 aromatic rings. The predicted molar refractivity (Wildman–Crippen MR) is 145 cm³/mol. The fourth-order valence-electron chi connectivity index (χ4n) is 3.95. The van der Waals surface area contributed by atoms with E-state index in [4.69, 9.17) is 9.84 Å². The summed E-state index contributed by atoms with van der Waals surface area (Å²) >= 11 is 0. The molecule has 3 rings (SSSR count). The number of rotatable bonds is 12. The number of carboxylic acid groups (broad SMARTS) is 1. The summed E-state index contributed by atoms with van der Waals surface area (Å²) in [6.45, 7) is 7.09. The molecule has 192 valence electrons. The first-order valence-corrected chi connectivity index (χ1v) is 12.6. The summed E-state index contributed by atoms with van der Waals surface area (Å²) in [5, 5.41) is 21.0. The molecular formula is C31H34N2O4. The van der Waals surface area contributed by atoms with Crippen molar-refractivity contribution in [2.75, 3.05) is 13.2 Å². The van der Waals surface area contributed by atoms with Gasteiger partial charge in [0.1, 0.15) is 5.75 Å². The molecular weight excluding hydrogens is 464 g/mol. The van der Waals surface area contributed by atoms with Gasteiger partial charge in [-0.1, -0.05) is 57.2 Å². The monoisotopic (exact) mass is 498 g/mol. The van der Waals surface area contributed by atoms with E-state index in [1.54, 1.807) is 18.2 Å². The maximum Gasteiger partial charge on any atom is 0.305 e. The Bertz CT molecular complexity index is 1240. The molecule has 0 radical (unpaired) electrons. The van der Waals surface area contributed by atoms with Crippen molar-refractivity contribution in [1.29, 1.82) is 5.26 Å². The van der Waals surface area contributed by atoms with Crippen molar-refractivity contribution in [2.24, 2.45) is 5.92 Å². The van der Waals surface area contributed by atoms with Crippen molar-refractivity contribution in [2.45, 2.75) is 46.0 Å². The van der Waals surface area contributed by atoms with Gasteiger partial charge in [0.05, 0.1) is 24.7 Å². The van der Waals surface area contributed by atoms with Crippen LogP contribution in [0.1, 0.15) is 66.6 Å². The predicted octanol–water partition coefficient (Wildman–Crippen LogP) is 6.20. The maximum absolute atomic E-state index is 12.1. The van der Waals surface area contributed by atoms with Crippen molar-refractivity contribution in [3.8, 4) is 22.9 Å². The third kappa shape index (κ3) is 8.22. The summed E-state index contributed by atoms with van der Waals surface area (Å²) in [6, 6.07) is 23.7. The lowest BCUT2D eigenvalue weighted by Crippen LogP contribution is -2.25. The van der Waals surface area contributed by atoms with E-state index < -0.39 is 5.97 Å². The average Bonchev–Trinajstić information content (AvgIpc) is 2.90. The van der Waals surface area contributed by atoms with Gasteiger partial charge in [-0.3, -0.25) is 9.59 Å². The minimum absolute atomic E-state index is 0.0992. The number of ether oxygens (including phenoxy) is 1. The van der Waals surface area contributed by atoms with Crippen LogP contribution < -0.4 is 10.1 Å². The van der Waals surface area contributed by atoms with E-state index in [0.29, 0.717) is 35.3 Å². The Balaban J connectivity index is 1.50. The molecule has 0 aliphatic heterocycles. The molecule has 2 N–H and O–H groups in total. The van der Waals surface area contributed by atoms with Crippen molar-refractivity contribution in [3.05, 3.63) is 89.0 Å². The molecule has 3 aromatic carbocycles. The van der Waals surface area contributed by atoms with Gasteiger partial charge in [0.25, 0.3) is 5.91 Å². The third-order valence-electron chi connectivity index (χ3n) is 6.30. The van der Waals surface area contributed by atoms with Crippen molar-refractivity contribution in [1.82, 2.24) is 5.32 Å². The first-order valence-electron chi connectivity index (χ1n) is 12.6. The number of aryl methyl sites for hydroxylation is 1. The molecule has 1 amide bonds. The fourth-order valence-corrected chi connectivity index (χ4v) is 3.95. The van der Waals surface area contributed by atoms with Crippen LogP contribution >= 0.6 is 0 Å². The number of carbonyl (C=O) groups is 2. The Morgan fingerprint density at radius 1 is 1.00 bits per heavy atom. The Hall–Kier alpha value is -4.11. The van der Waals surface area contributed by atoms with Gasteiger partial charge in [-0.2, -0.15) is 5.26 Å². The van der Waals surface area contributed by atoms with E-state index in [1.807, 2.05) is 24.3 Å². The Labute approximate surface area is 218 Å². The molecule has 0 aromatic heterocycles.